The fourth-order valence-electron chi connectivity index (χ4n) is 2.05. The third-order valence-corrected chi connectivity index (χ3v) is 2.92. The Labute approximate surface area is 113 Å². The molecule has 100 valence electrons. The summed E-state index contributed by atoms with van der Waals surface area (Å²) in [7, 11) is 0. The zero-order valence-corrected chi connectivity index (χ0v) is 11.0. The van der Waals surface area contributed by atoms with Crippen molar-refractivity contribution in [1.29, 1.82) is 0 Å². The predicted octanol–water partition coefficient (Wildman–Crippen LogP) is 2.56. The van der Waals surface area contributed by atoms with Gasteiger partial charge in [0.1, 0.15) is 5.75 Å². The first-order chi connectivity index (χ1) is 8.25. The van der Waals surface area contributed by atoms with Crippen LogP contribution in [0.5, 0.6) is 5.75 Å². The van der Waals surface area contributed by atoms with Crippen LogP contribution in [0.15, 0.2) is 24.3 Å². The number of hydrogen-bond acceptors (Lipinski definition) is 3. The van der Waals surface area contributed by atoms with Gasteiger partial charge >= 0.3 is 5.97 Å². The molecule has 2 rings (SSSR count). The van der Waals surface area contributed by atoms with Gasteiger partial charge in [-0.25, -0.2) is 4.79 Å². The van der Waals surface area contributed by atoms with E-state index in [4.69, 9.17) is 9.84 Å². The number of rotatable bonds is 4. The minimum Gasteiger partial charge on any atom is -0.482 e. The summed E-state index contributed by atoms with van der Waals surface area (Å²) in [5.74, 6) is -0.349. The first kappa shape index (κ1) is 14.6. The maximum atomic E-state index is 10.4. The highest BCUT2D eigenvalue weighted by Crippen LogP contribution is 2.22. The maximum Gasteiger partial charge on any atom is 0.341 e. The number of aliphatic carboxylic acids is 1. The predicted molar refractivity (Wildman–Crippen MR) is 72.9 cm³/mol. The smallest absolute Gasteiger partial charge is 0.341 e. The quantitative estimate of drug-likeness (QED) is 0.914. The number of carboxylic acids is 1. The highest BCUT2D eigenvalue weighted by atomic mass is 35.5. The van der Waals surface area contributed by atoms with Crippen molar-refractivity contribution < 1.29 is 14.6 Å². The van der Waals surface area contributed by atoms with Crippen molar-refractivity contribution in [1.82, 2.24) is 0 Å². The Morgan fingerprint density at radius 1 is 1.17 bits per heavy atom. The molecule has 0 saturated carbocycles. The van der Waals surface area contributed by atoms with Crippen LogP contribution in [0.2, 0.25) is 0 Å². The van der Waals surface area contributed by atoms with Gasteiger partial charge in [-0.15, -0.1) is 12.4 Å². The minimum atomic E-state index is -0.954. The molecule has 0 atom stereocenters. The zero-order chi connectivity index (χ0) is 12.1. The summed E-state index contributed by atoms with van der Waals surface area (Å²) in [5.41, 5.74) is 1.19. The van der Waals surface area contributed by atoms with Gasteiger partial charge in [0.25, 0.3) is 0 Å². The van der Waals surface area contributed by atoms with Gasteiger partial charge in [-0.2, -0.15) is 0 Å². The number of halogens is 1. The van der Waals surface area contributed by atoms with Gasteiger partial charge in [0.2, 0.25) is 0 Å². The molecule has 0 bridgehead atoms. The van der Waals surface area contributed by atoms with E-state index in [1.807, 2.05) is 24.3 Å². The summed E-state index contributed by atoms with van der Waals surface area (Å²) >= 11 is 0. The van der Waals surface area contributed by atoms with Crippen LogP contribution in [0.4, 0.5) is 5.69 Å². The first-order valence-corrected chi connectivity index (χ1v) is 5.95. The van der Waals surface area contributed by atoms with Crippen molar-refractivity contribution in [3.8, 4) is 5.75 Å². The molecule has 0 aliphatic carbocycles. The average Bonchev–Trinajstić information content (AvgIpc) is 2.38. The van der Waals surface area contributed by atoms with Crippen LogP contribution in [0.3, 0.4) is 0 Å². The van der Waals surface area contributed by atoms with E-state index in [0.717, 1.165) is 13.1 Å². The van der Waals surface area contributed by atoms with Crippen molar-refractivity contribution in [2.75, 3.05) is 24.6 Å². The molecule has 1 aliphatic heterocycles. The molecule has 18 heavy (non-hydrogen) atoms. The number of nitrogens with zero attached hydrogens (tertiary/aromatic N) is 1. The van der Waals surface area contributed by atoms with Crippen LogP contribution >= 0.6 is 12.4 Å². The van der Waals surface area contributed by atoms with Gasteiger partial charge in [0.05, 0.1) is 0 Å². The van der Waals surface area contributed by atoms with Crippen LogP contribution in [0, 0.1) is 0 Å². The fourth-order valence-corrected chi connectivity index (χ4v) is 2.05. The largest absolute Gasteiger partial charge is 0.482 e. The number of anilines is 1. The van der Waals surface area contributed by atoms with E-state index in [2.05, 4.69) is 4.90 Å². The van der Waals surface area contributed by atoms with Crippen molar-refractivity contribution in [2.24, 2.45) is 0 Å². The number of benzene rings is 1. The minimum absolute atomic E-state index is 0. The number of ether oxygens (including phenoxy) is 1. The van der Waals surface area contributed by atoms with E-state index in [-0.39, 0.29) is 19.0 Å². The van der Waals surface area contributed by atoms with E-state index in [1.54, 1.807) is 0 Å². The Kier molecular flexibility index (Phi) is 5.78. The molecule has 0 amide bonds. The summed E-state index contributed by atoms with van der Waals surface area (Å²) in [4.78, 5) is 12.7. The van der Waals surface area contributed by atoms with E-state index in [1.165, 1.54) is 24.9 Å². The van der Waals surface area contributed by atoms with E-state index in [9.17, 15) is 4.79 Å². The van der Waals surface area contributed by atoms with Crippen LogP contribution in [0.1, 0.15) is 19.3 Å². The lowest BCUT2D eigenvalue weighted by Gasteiger charge is -2.28. The van der Waals surface area contributed by atoms with Crippen molar-refractivity contribution >= 4 is 24.1 Å². The lowest BCUT2D eigenvalue weighted by atomic mass is 10.1. The monoisotopic (exact) mass is 271 g/mol. The van der Waals surface area contributed by atoms with E-state index < -0.39 is 5.97 Å². The molecule has 0 unspecified atom stereocenters. The van der Waals surface area contributed by atoms with Crippen molar-refractivity contribution in [3.05, 3.63) is 24.3 Å². The van der Waals surface area contributed by atoms with Gasteiger partial charge in [-0.3, -0.25) is 0 Å². The molecule has 4 nitrogen and oxygen atoms in total. The standard InChI is InChI=1S/C13H17NO3.ClH/c15-13(16)10-17-12-6-4-11(5-7-12)14-8-2-1-3-9-14;/h4-7H,1-3,8-10H2,(H,15,16);1H. The van der Waals surface area contributed by atoms with Gasteiger partial charge < -0.3 is 14.7 Å². The lowest BCUT2D eigenvalue weighted by molar-refractivity contribution is -0.139. The number of carbonyl (C=O) groups is 1. The lowest BCUT2D eigenvalue weighted by Crippen LogP contribution is -2.29. The van der Waals surface area contributed by atoms with Crippen LogP contribution < -0.4 is 9.64 Å². The van der Waals surface area contributed by atoms with Crippen molar-refractivity contribution in [2.45, 2.75) is 19.3 Å². The summed E-state index contributed by atoms with van der Waals surface area (Å²) < 4.78 is 5.09. The van der Waals surface area contributed by atoms with Crippen LogP contribution in [0.25, 0.3) is 0 Å². The Balaban J connectivity index is 0.00000162. The SMILES string of the molecule is Cl.O=C(O)COc1ccc(N2CCCCC2)cc1. The second kappa shape index (κ2) is 7.11. The summed E-state index contributed by atoms with van der Waals surface area (Å²) in [6.07, 6.45) is 3.81. The number of carboxylic acid groups (broad SMARTS) is 1. The first-order valence-electron chi connectivity index (χ1n) is 5.95. The molecule has 1 aromatic rings. The van der Waals surface area contributed by atoms with Gasteiger partial charge in [0, 0.05) is 18.8 Å². The highest BCUT2D eigenvalue weighted by molar-refractivity contribution is 5.85. The van der Waals surface area contributed by atoms with Gasteiger partial charge in [-0.05, 0) is 43.5 Å². The summed E-state index contributed by atoms with van der Waals surface area (Å²) in [5, 5.41) is 8.50. The number of hydrogen-bond donors (Lipinski definition) is 1. The molecule has 0 aromatic heterocycles. The Hall–Kier alpha value is -1.42. The third kappa shape index (κ3) is 4.11. The Morgan fingerprint density at radius 2 is 1.78 bits per heavy atom. The molecule has 1 aliphatic rings. The molecule has 5 heteroatoms. The normalized spacial score (nSPS) is 14.8. The molecular formula is C13H18ClNO3. The van der Waals surface area contributed by atoms with Gasteiger partial charge in [-0.1, -0.05) is 0 Å². The van der Waals surface area contributed by atoms with Crippen molar-refractivity contribution in [3.63, 3.8) is 0 Å². The fraction of sp³-hybridized carbons (Fsp3) is 0.462. The average molecular weight is 272 g/mol. The molecular weight excluding hydrogens is 254 g/mol. The maximum absolute atomic E-state index is 10.4. The molecule has 1 N–H and O–H groups in total. The third-order valence-electron chi connectivity index (χ3n) is 2.92. The zero-order valence-electron chi connectivity index (χ0n) is 10.2. The molecule has 1 saturated heterocycles. The van der Waals surface area contributed by atoms with Crippen LogP contribution in [-0.4, -0.2) is 30.8 Å². The molecule has 1 aromatic carbocycles. The van der Waals surface area contributed by atoms with E-state index >= 15 is 0 Å². The molecule has 1 fully saturated rings. The highest BCUT2D eigenvalue weighted by Gasteiger charge is 2.10. The van der Waals surface area contributed by atoms with Crippen LogP contribution in [-0.2, 0) is 4.79 Å². The molecule has 1 heterocycles. The summed E-state index contributed by atoms with van der Waals surface area (Å²) in [6.45, 7) is 1.92. The topological polar surface area (TPSA) is 49.8 Å². The Bertz CT molecular complexity index is 374. The second-order valence-electron chi connectivity index (χ2n) is 4.22. The second-order valence-corrected chi connectivity index (χ2v) is 4.22. The van der Waals surface area contributed by atoms with E-state index in [0.29, 0.717) is 5.75 Å². The molecule has 0 radical (unpaired) electrons. The number of piperidine rings is 1. The Morgan fingerprint density at radius 3 is 2.33 bits per heavy atom. The molecule has 0 spiro atoms. The van der Waals surface area contributed by atoms with Gasteiger partial charge in [0.15, 0.2) is 6.61 Å². The summed E-state index contributed by atoms with van der Waals surface area (Å²) in [6, 6.07) is 7.63.